The molecule has 1 aliphatic carbocycles. The number of amides is 1. The lowest BCUT2D eigenvalue weighted by Gasteiger charge is -2.35. The third-order valence-electron chi connectivity index (χ3n) is 6.06. The lowest BCUT2D eigenvalue weighted by Crippen LogP contribution is -2.47. The Hall–Kier alpha value is -3.43. The second-order valence-electron chi connectivity index (χ2n) is 8.37. The molecule has 2 aromatic rings. The minimum atomic E-state index is -4.58. The van der Waals surface area contributed by atoms with Crippen molar-refractivity contribution in [2.75, 3.05) is 13.1 Å². The second kappa shape index (κ2) is 8.84. The van der Waals surface area contributed by atoms with Gasteiger partial charge in [0.05, 0.1) is 24.6 Å². The first kappa shape index (κ1) is 22.8. The van der Waals surface area contributed by atoms with Crippen LogP contribution in [-0.4, -0.2) is 50.3 Å². The van der Waals surface area contributed by atoms with Crippen molar-refractivity contribution in [2.24, 2.45) is 16.8 Å². The maximum atomic E-state index is 13.7. The van der Waals surface area contributed by atoms with Crippen LogP contribution in [0.25, 0.3) is 5.69 Å². The molecule has 33 heavy (non-hydrogen) atoms. The standard InChI is InChI=1S/C23H25F3N6O/c1-4-20(27-5-2)28-10-17-9-15-8-16(15)11-32(17)22(33)21-18(7-6-14(3)30-21)31-12-19(29-13-31)23(24,25)26/h4-7,12-13,15-17H,1-2,8-11H2,3H3,(H,27,28). The number of halogens is 3. The molecule has 3 atom stereocenters. The summed E-state index contributed by atoms with van der Waals surface area (Å²) in [5, 5.41) is 2.90. The molecule has 3 heterocycles. The molecule has 1 saturated carbocycles. The maximum Gasteiger partial charge on any atom is 0.434 e. The molecule has 1 saturated heterocycles. The van der Waals surface area contributed by atoms with E-state index in [0.717, 1.165) is 25.4 Å². The summed E-state index contributed by atoms with van der Waals surface area (Å²) in [6, 6.07) is 3.11. The molecular weight excluding hydrogens is 433 g/mol. The number of pyridine rings is 1. The lowest BCUT2D eigenvalue weighted by molar-refractivity contribution is -0.140. The van der Waals surface area contributed by atoms with Gasteiger partial charge in [0.25, 0.3) is 5.91 Å². The molecule has 2 aromatic heterocycles. The zero-order chi connectivity index (χ0) is 23.8. The van der Waals surface area contributed by atoms with Gasteiger partial charge in [-0.05, 0) is 56.0 Å². The Morgan fingerprint density at radius 3 is 2.76 bits per heavy atom. The molecule has 1 N–H and O–H groups in total. The number of alkyl halides is 3. The molecule has 4 rings (SSSR count). The number of hydrogen-bond acceptors (Lipinski definition) is 4. The van der Waals surface area contributed by atoms with E-state index in [4.69, 9.17) is 0 Å². The minimum Gasteiger partial charge on any atom is -0.348 e. The number of amidine groups is 1. The minimum absolute atomic E-state index is 0.0994. The average molecular weight is 458 g/mol. The first-order valence-electron chi connectivity index (χ1n) is 10.7. The van der Waals surface area contributed by atoms with E-state index in [9.17, 15) is 18.0 Å². The second-order valence-corrected chi connectivity index (χ2v) is 8.37. The number of aliphatic imine (C=N–C) groups is 1. The van der Waals surface area contributed by atoms with Gasteiger partial charge < -0.3 is 14.8 Å². The van der Waals surface area contributed by atoms with Crippen molar-refractivity contribution in [3.8, 4) is 5.69 Å². The van der Waals surface area contributed by atoms with Crippen LogP contribution in [0.5, 0.6) is 0 Å². The Labute approximate surface area is 189 Å². The quantitative estimate of drug-likeness (QED) is 0.528. The summed E-state index contributed by atoms with van der Waals surface area (Å²) in [6.07, 6.45) is 2.32. The van der Waals surface area contributed by atoms with Gasteiger partial charge in [0.15, 0.2) is 11.4 Å². The van der Waals surface area contributed by atoms with Crippen molar-refractivity contribution < 1.29 is 18.0 Å². The van der Waals surface area contributed by atoms with Crippen molar-refractivity contribution in [1.29, 1.82) is 0 Å². The molecular formula is C23H25F3N6O. The van der Waals surface area contributed by atoms with E-state index < -0.39 is 11.9 Å². The maximum absolute atomic E-state index is 13.7. The SMILES string of the molecule is C=CNC(C=C)=NCC1CC2CC2CN1C(=O)c1nc(C)ccc1-n1cnc(C(F)(F)F)c1. The third kappa shape index (κ3) is 4.84. The molecule has 1 aliphatic heterocycles. The zero-order valence-corrected chi connectivity index (χ0v) is 18.2. The Morgan fingerprint density at radius 2 is 2.09 bits per heavy atom. The van der Waals surface area contributed by atoms with E-state index in [0.29, 0.717) is 36.5 Å². The first-order chi connectivity index (χ1) is 15.7. The van der Waals surface area contributed by atoms with Gasteiger partial charge in [-0.1, -0.05) is 13.2 Å². The molecule has 174 valence electrons. The zero-order valence-electron chi connectivity index (χ0n) is 18.2. The van der Waals surface area contributed by atoms with Gasteiger partial charge >= 0.3 is 6.18 Å². The van der Waals surface area contributed by atoms with Crippen LogP contribution < -0.4 is 5.32 Å². The predicted molar refractivity (Wildman–Crippen MR) is 118 cm³/mol. The number of nitrogens with zero attached hydrogens (tertiary/aromatic N) is 5. The molecule has 0 bridgehead atoms. The van der Waals surface area contributed by atoms with Crippen LogP contribution in [-0.2, 0) is 6.18 Å². The van der Waals surface area contributed by atoms with Gasteiger partial charge in [0.2, 0.25) is 0 Å². The molecule has 10 heteroatoms. The highest BCUT2D eigenvalue weighted by Gasteiger charge is 2.47. The van der Waals surface area contributed by atoms with Gasteiger partial charge in [0, 0.05) is 18.4 Å². The summed E-state index contributed by atoms with van der Waals surface area (Å²) in [5.74, 6) is 1.25. The van der Waals surface area contributed by atoms with Crippen LogP contribution in [0.2, 0.25) is 0 Å². The van der Waals surface area contributed by atoms with Crippen molar-refractivity contribution in [3.05, 3.63) is 67.2 Å². The highest BCUT2D eigenvalue weighted by Crippen LogP contribution is 2.47. The number of rotatable bonds is 6. The summed E-state index contributed by atoms with van der Waals surface area (Å²) >= 11 is 0. The number of imidazole rings is 1. The fourth-order valence-electron chi connectivity index (χ4n) is 4.25. The van der Waals surface area contributed by atoms with Crippen molar-refractivity contribution in [1.82, 2.24) is 24.8 Å². The van der Waals surface area contributed by atoms with E-state index in [2.05, 4.69) is 33.4 Å². The topological polar surface area (TPSA) is 75.4 Å². The number of carbonyl (C=O) groups is 1. The number of likely N-dealkylation sites (tertiary alicyclic amines) is 1. The first-order valence-corrected chi connectivity index (χ1v) is 10.7. The predicted octanol–water partition coefficient (Wildman–Crippen LogP) is 3.76. The normalized spacial score (nSPS) is 22.5. The third-order valence-corrected chi connectivity index (χ3v) is 6.06. The number of hydrogen-bond donors (Lipinski definition) is 1. The van der Waals surface area contributed by atoms with Gasteiger partial charge in [-0.25, -0.2) is 9.97 Å². The smallest absolute Gasteiger partial charge is 0.348 e. The summed E-state index contributed by atoms with van der Waals surface area (Å²) in [6.45, 7) is 10.0. The van der Waals surface area contributed by atoms with Crippen LogP contribution in [0.1, 0.15) is 34.7 Å². The molecule has 2 aliphatic rings. The van der Waals surface area contributed by atoms with E-state index in [1.54, 1.807) is 30.0 Å². The summed E-state index contributed by atoms with van der Waals surface area (Å²) in [7, 11) is 0. The number of aromatic nitrogens is 3. The lowest BCUT2D eigenvalue weighted by atomic mass is 10.0. The van der Waals surface area contributed by atoms with E-state index >= 15 is 0 Å². The fraction of sp³-hybridized carbons (Fsp3) is 0.391. The number of piperidine rings is 1. The van der Waals surface area contributed by atoms with Crippen LogP contribution in [0, 0.1) is 18.8 Å². The summed E-state index contributed by atoms with van der Waals surface area (Å²) < 4.78 is 40.4. The fourth-order valence-corrected chi connectivity index (χ4v) is 4.25. The molecule has 1 amide bonds. The molecule has 0 aromatic carbocycles. The average Bonchev–Trinajstić information content (AvgIpc) is 3.35. The Morgan fingerprint density at radius 1 is 1.30 bits per heavy atom. The molecule has 2 fully saturated rings. The van der Waals surface area contributed by atoms with Crippen molar-refractivity contribution in [3.63, 3.8) is 0 Å². The largest absolute Gasteiger partial charge is 0.434 e. The molecule has 3 unspecified atom stereocenters. The van der Waals surface area contributed by atoms with Gasteiger partial charge in [-0.15, -0.1) is 0 Å². The molecule has 7 nitrogen and oxygen atoms in total. The molecule has 0 spiro atoms. The van der Waals surface area contributed by atoms with Crippen LogP contribution >= 0.6 is 0 Å². The van der Waals surface area contributed by atoms with Crippen molar-refractivity contribution in [2.45, 2.75) is 32.0 Å². The summed E-state index contributed by atoms with van der Waals surface area (Å²) in [4.78, 5) is 27.8. The van der Waals surface area contributed by atoms with Crippen molar-refractivity contribution >= 4 is 11.7 Å². The Kier molecular flexibility index (Phi) is 6.09. The number of aryl methyl sites for hydroxylation is 1. The highest BCUT2D eigenvalue weighted by molar-refractivity contribution is 5.96. The number of carbonyl (C=O) groups excluding carboxylic acids is 1. The van der Waals surface area contributed by atoms with Gasteiger partial charge in [0.1, 0.15) is 5.84 Å². The number of nitrogens with one attached hydrogen (secondary N) is 1. The van der Waals surface area contributed by atoms with E-state index in [1.165, 1.54) is 10.8 Å². The Bertz CT molecular complexity index is 1110. The van der Waals surface area contributed by atoms with Crippen LogP contribution in [0.15, 0.2) is 55.1 Å². The van der Waals surface area contributed by atoms with Crippen LogP contribution in [0.3, 0.4) is 0 Å². The van der Waals surface area contributed by atoms with Gasteiger partial charge in [-0.2, -0.15) is 13.2 Å². The summed E-state index contributed by atoms with van der Waals surface area (Å²) in [5.41, 5.74) is -0.0753. The Balaban J connectivity index is 1.65. The van der Waals surface area contributed by atoms with Crippen LogP contribution in [0.4, 0.5) is 13.2 Å². The molecule has 0 radical (unpaired) electrons. The van der Waals surface area contributed by atoms with E-state index in [-0.39, 0.29) is 23.3 Å². The number of fused-ring (bicyclic) bond motifs is 1. The highest BCUT2D eigenvalue weighted by atomic mass is 19.4. The van der Waals surface area contributed by atoms with Gasteiger partial charge in [-0.3, -0.25) is 9.79 Å². The van der Waals surface area contributed by atoms with E-state index in [1.807, 2.05) is 0 Å². The monoisotopic (exact) mass is 458 g/mol.